The zero-order chi connectivity index (χ0) is 14.6. The Labute approximate surface area is 122 Å². The second-order valence-corrected chi connectivity index (χ2v) is 6.54. The number of benzene rings is 1. The van der Waals surface area contributed by atoms with E-state index in [-0.39, 0.29) is 5.41 Å². The number of nitrogens with one attached hydrogen (secondary N) is 2. The van der Waals surface area contributed by atoms with Crippen molar-refractivity contribution in [3.05, 3.63) is 24.3 Å². The molecule has 106 valence electrons. The minimum atomic E-state index is 0.181. The highest BCUT2D eigenvalue weighted by Gasteiger charge is 2.20. The van der Waals surface area contributed by atoms with Gasteiger partial charge in [-0.2, -0.15) is 0 Å². The topological polar surface area (TPSA) is 27.3 Å². The monoisotopic (exact) mass is 279 g/mol. The average Bonchev–Trinajstić information content (AvgIpc) is 2.28. The molecular formula is C15H25N3S. The van der Waals surface area contributed by atoms with E-state index in [9.17, 15) is 0 Å². The standard InChI is InChI=1S/C15H25N3S/c1-11(15(2,3)4)16-14(19)17-12-7-9-13(10-8-12)18(5)6/h7-11H,1-6H3,(H2,16,17,19). The van der Waals surface area contributed by atoms with Crippen LogP contribution in [0.1, 0.15) is 27.7 Å². The van der Waals surface area contributed by atoms with Gasteiger partial charge in [0, 0.05) is 31.5 Å². The van der Waals surface area contributed by atoms with Crippen LogP contribution in [0.5, 0.6) is 0 Å². The van der Waals surface area contributed by atoms with Crippen LogP contribution in [-0.4, -0.2) is 25.2 Å². The molecule has 0 aliphatic heterocycles. The van der Waals surface area contributed by atoms with Crippen molar-refractivity contribution in [2.45, 2.75) is 33.7 Å². The molecule has 1 aromatic carbocycles. The van der Waals surface area contributed by atoms with Gasteiger partial charge >= 0.3 is 0 Å². The predicted octanol–water partition coefficient (Wildman–Crippen LogP) is 3.47. The zero-order valence-corrected chi connectivity index (χ0v) is 13.6. The Morgan fingerprint density at radius 3 is 2.11 bits per heavy atom. The Bertz CT molecular complexity index is 418. The number of rotatable bonds is 3. The third-order valence-electron chi connectivity index (χ3n) is 3.29. The maximum absolute atomic E-state index is 5.33. The molecule has 0 spiro atoms. The number of hydrogen-bond acceptors (Lipinski definition) is 2. The van der Waals surface area contributed by atoms with Gasteiger partial charge < -0.3 is 15.5 Å². The Morgan fingerprint density at radius 1 is 1.16 bits per heavy atom. The lowest BCUT2D eigenvalue weighted by Gasteiger charge is -2.29. The smallest absolute Gasteiger partial charge is 0.171 e. The van der Waals surface area contributed by atoms with Crippen LogP contribution in [0.4, 0.5) is 11.4 Å². The number of anilines is 2. The van der Waals surface area contributed by atoms with E-state index in [2.05, 4.69) is 55.4 Å². The van der Waals surface area contributed by atoms with E-state index >= 15 is 0 Å². The van der Waals surface area contributed by atoms with Crippen LogP contribution in [0.2, 0.25) is 0 Å². The van der Waals surface area contributed by atoms with Gasteiger partial charge in [0.05, 0.1) is 0 Å². The second-order valence-electron chi connectivity index (χ2n) is 6.13. The molecule has 0 aromatic heterocycles. The molecule has 1 aromatic rings. The van der Waals surface area contributed by atoms with Crippen LogP contribution < -0.4 is 15.5 Å². The molecular weight excluding hydrogens is 254 g/mol. The fourth-order valence-corrected chi connectivity index (χ4v) is 1.72. The summed E-state index contributed by atoms with van der Waals surface area (Å²) in [5.74, 6) is 0. The van der Waals surface area contributed by atoms with E-state index in [4.69, 9.17) is 12.2 Å². The van der Waals surface area contributed by atoms with Crippen LogP contribution in [0.25, 0.3) is 0 Å². The molecule has 0 bridgehead atoms. The van der Waals surface area contributed by atoms with Gasteiger partial charge in [0.2, 0.25) is 0 Å². The van der Waals surface area contributed by atoms with Crippen molar-refractivity contribution in [1.29, 1.82) is 0 Å². The van der Waals surface area contributed by atoms with Crippen molar-refractivity contribution in [2.75, 3.05) is 24.3 Å². The molecule has 0 aliphatic rings. The molecule has 1 rings (SSSR count). The molecule has 0 amide bonds. The van der Waals surface area contributed by atoms with Gasteiger partial charge in [-0.15, -0.1) is 0 Å². The van der Waals surface area contributed by atoms with Gasteiger partial charge in [-0.05, 0) is 48.8 Å². The molecule has 0 radical (unpaired) electrons. The van der Waals surface area contributed by atoms with E-state index in [0.29, 0.717) is 11.2 Å². The summed E-state index contributed by atoms with van der Waals surface area (Å²) in [5.41, 5.74) is 2.36. The molecule has 1 atom stereocenters. The summed E-state index contributed by atoms with van der Waals surface area (Å²) in [7, 11) is 4.05. The van der Waals surface area contributed by atoms with Crippen LogP contribution in [0.15, 0.2) is 24.3 Å². The molecule has 1 unspecified atom stereocenters. The molecule has 0 saturated heterocycles. The highest BCUT2D eigenvalue weighted by atomic mass is 32.1. The van der Waals surface area contributed by atoms with Crippen molar-refractivity contribution >= 4 is 28.7 Å². The first kappa shape index (κ1) is 15.8. The van der Waals surface area contributed by atoms with Crippen LogP contribution in [0.3, 0.4) is 0 Å². The van der Waals surface area contributed by atoms with Gasteiger partial charge in [-0.25, -0.2) is 0 Å². The van der Waals surface area contributed by atoms with E-state index in [1.807, 2.05) is 26.2 Å². The Balaban J connectivity index is 2.58. The highest BCUT2D eigenvalue weighted by Crippen LogP contribution is 2.19. The van der Waals surface area contributed by atoms with Crippen molar-refractivity contribution < 1.29 is 0 Å². The van der Waals surface area contributed by atoms with Gasteiger partial charge in [-0.3, -0.25) is 0 Å². The van der Waals surface area contributed by atoms with Crippen molar-refractivity contribution in [2.24, 2.45) is 5.41 Å². The maximum atomic E-state index is 5.33. The van der Waals surface area contributed by atoms with Crippen molar-refractivity contribution in [3.8, 4) is 0 Å². The molecule has 0 saturated carbocycles. The van der Waals surface area contributed by atoms with Gasteiger partial charge in [0.1, 0.15) is 0 Å². The predicted molar refractivity (Wildman–Crippen MR) is 89.0 cm³/mol. The normalized spacial score (nSPS) is 12.7. The van der Waals surface area contributed by atoms with E-state index < -0.39 is 0 Å². The van der Waals surface area contributed by atoms with E-state index in [1.165, 1.54) is 5.69 Å². The van der Waals surface area contributed by atoms with Gasteiger partial charge in [0.25, 0.3) is 0 Å². The Hall–Kier alpha value is -1.29. The first-order valence-corrected chi connectivity index (χ1v) is 6.96. The minimum absolute atomic E-state index is 0.181. The highest BCUT2D eigenvalue weighted by molar-refractivity contribution is 7.80. The minimum Gasteiger partial charge on any atom is -0.378 e. The first-order valence-electron chi connectivity index (χ1n) is 6.55. The summed E-state index contributed by atoms with van der Waals surface area (Å²) in [5, 5.41) is 7.20. The quantitative estimate of drug-likeness (QED) is 0.829. The van der Waals surface area contributed by atoms with Crippen molar-refractivity contribution in [1.82, 2.24) is 5.32 Å². The molecule has 3 nitrogen and oxygen atoms in total. The van der Waals surface area contributed by atoms with Crippen LogP contribution in [0, 0.1) is 5.41 Å². The fraction of sp³-hybridized carbons (Fsp3) is 0.533. The number of hydrogen-bond donors (Lipinski definition) is 2. The molecule has 19 heavy (non-hydrogen) atoms. The van der Waals surface area contributed by atoms with Gasteiger partial charge in [0.15, 0.2) is 5.11 Å². The summed E-state index contributed by atoms with van der Waals surface area (Å²) < 4.78 is 0. The first-order chi connectivity index (χ1) is 8.70. The Kier molecular flexibility index (Phi) is 5.18. The molecule has 0 fully saturated rings. The average molecular weight is 279 g/mol. The maximum Gasteiger partial charge on any atom is 0.171 e. The second kappa shape index (κ2) is 6.24. The summed E-state index contributed by atoms with van der Waals surface area (Å²) >= 11 is 5.33. The van der Waals surface area contributed by atoms with Gasteiger partial charge in [-0.1, -0.05) is 20.8 Å². The molecule has 0 heterocycles. The summed E-state index contributed by atoms with van der Waals surface area (Å²) in [6.07, 6.45) is 0. The third kappa shape index (κ3) is 5.07. The third-order valence-corrected chi connectivity index (χ3v) is 3.51. The van der Waals surface area contributed by atoms with Crippen LogP contribution in [-0.2, 0) is 0 Å². The molecule has 0 aliphatic carbocycles. The van der Waals surface area contributed by atoms with Crippen molar-refractivity contribution in [3.63, 3.8) is 0 Å². The largest absolute Gasteiger partial charge is 0.378 e. The van der Waals surface area contributed by atoms with E-state index in [0.717, 1.165) is 5.69 Å². The molecule has 4 heteroatoms. The number of nitrogens with zero attached hydrogens (tertiary/aromatic N) is 1. The Morgan fingerprint density at radius 2 is 1.68 bits per heavy atom. The fourth-order valence-electron chi connectivity index (χ4n) is 1.42. The molecule has 2 N–H and O–H groups in total. The lowest BCUT2D eigenvalue weighted by Crippen LogP contribution is -2.43. The summed E-state index contributed by atoms with van der Waals surface area (Å²) in [6, 6.07) is 8.51. The number of thiocarbonyl (C=S) groups is 1. The van der Waals surface area contributed by atoms with Crippen LogP contribution >= 0.6 is 12.2 Å². The van der Waals surface area contributed by atoms with E-state index in [1.54, 1.807) is 0 Å². The summed E-state index contributed by atoms with van der Waals surface area (Å²) in [6.45, 7) is 8.72. The lowest BCUT2D eigenvalue weighted by molar-refractivity contribution is 0.317. The lowest BCUT2D eigenvalue weighted by atomic mass is 9.88. The summed E-state index contributed by atoms with van der Waals surface area (Å²) in [4.78, 5) is 2.07. The zero-order valence-electron chi connectivity index (χ0n) is 12.7. The SMILES string of the molecule is CC(NC(=S)Nc1ccc(N(C)C)cc1)C(C)(C)C.